The molecular weight excluding hydrogens is 257 g/mol. The van der Waals surface area contributed by atoms with Gasteiger partial charge in [0, 0.05) is 6.54 Å². The Labute approximate surface area is 107 Å². The molecule has 0 spiro atoms. The standard InChI is InChI=1S/C12H18FNO3S/c1-3-8-12(2,15)9-14-18(16,17)11-6-4-10(13)5-7-11/h4-7,14-15H,3,8-9H2,1-2H3. The predicted octanol–water partition coefficient (Wildman–Crippen LogP) is 1.66. The van der Waals surface area contributed by atoms with Crippen LogP contribution in [0.4, 0.5) is 4.39 Å². The summed E-state index contributed by atoms with van der Waals surface area (Å²) in [5, 5.41) is 9.88. The van der Waals surface area contributed by atoms with Crippen LogP contribution in [0.2, 0.25) is 0 Å². The molecule has 0 amide bonds. The zero-order valence-corrected chi connectivity index (χ0v) is 11.3. The van der Waals surface area contributed by atoms with Crippen LogP contribution < -0.4 is 4.72 Å². The topological polar surface area (TPSA) is 66.4 Å². The fourth-order valence-corrected chi connectivity index (χ4v) is 2.74. The van der Waals surface area contributed by atoms with E-state index in [1.54, 1.807) is 6.92 Å². The largest absolute Gasteiger partial charge is 0.389 e. The molecular formula is C12H18FNO3S. The van der Waals surface area contributed by atoms with Gasteiger partial charge in [-0.05, 0) is 37.6 Å². The zero-order chi connectivity index (χ0) is 13.8. The Bertz CT molecular complexity index is 483. The van der Waals surface area contributed by atoms with Crippen LogP contribution in [0.15, 0.2) is 29.2 Å². The van der Waals surface area contributed by atoms with E-state index in [0.29, 0.717) is 6.42 Å². The van der Waals surface area contributed by atoms with E-state index in [1.807, 2.05) is 6.92 Å². The molecule has 0 aromatic heterocycles. The highest BCUT2D eigenvalue weighted by atomic mass is 32.2. The molecule has 2 N–H and O–H groups in total. The van der Waals surface area contributed by atoms with Gasteiger partial charge in [-0.1, -0.05) is 13.3 Å². The third kappa shape index (κ3) is 4.36. The summed E-state index contributed by atoms with van der Waals surface area (Å²) in [6.07, 6.45) is 1.25. The van der Waals surface area contributed by atoms with Gasteiger partial charge in [-0.15, -0.1) is 0 Å². The van der Waals surface area contributed by atoms with Gasteiger partial charge >= 0.3 is 0 Å². The van der Waals surface area contributed by atoms with Crippen molar-refractivity contribution in [1.29, 1.82) is 0 Å². The first-order chi connectivity index (χ1) is 8.27. The Hall–Kier alpha value is -0.980. The number of hydrogen-bond acceptors (Lipinski definition) is 3. The van der Waals surface area contributed by atoms with Crippen molar-refractivity contribution in [3.8, 4) is 0 Å². The molecule has 0 heterocycles. The Morgan fingerprint density at radius 3 is 2.39 bits per heavy atom. The number of rotatable bonds is 6. The molecule has 1 aromatic rings. The molecule has 6 heteroatoms. The van der Waals surface area contributed by atoms with Crippen LogP contribution in [0.25, 0.3) is 0 Å². The first-order valence-electron chi connectivity index (χ1n) is 5.74. The van der Waals surface area contributed by atoms with Crippen molar-refractivity contribution in [2.75, 3.05) is 6.54 Å². The molecule has 0 radical (unpaired) electrons. The fraction of sp³-hybridized carbons (Fsp3) is 0.500. The summed E-state index contributed by atoms with van der Waals surface area (Å²) in [5.41, 5.74) is -1.08. The summed E-state index contributed by atoms with van der Waals surface area (Å²) in [7, 11) is -3.71. The maximum absolute atomic E-state index is 12.7. The van der Waals surface area contributed by atoms with E-state index in [9.17, 15) is 17.9 Å². The monoisotopic (exact) mass is 275 g/mol. The second-order valence-corrected chi connectivity index (χ2v) is 6.29. The molecule has 1 rings (SSSR count). The SMILES string of the molecule is CCCC(C)(O)CNS(=O)(=O)c1ccc(F)cc1. The molecule has 102 valence electrons. The molecule has 0 bridgehead atoms. The van der Waals surface area contributed by atoms with Crippen molar-refractivity contribution in [3.05, 3.63) is 30.1 Å². The van der Waals surface area contributed by atoms with Crippen LogP contribution in [-0.2, 0) is 10.0 Å². The summed E-state index contributed by atoms with van der Waals surface area (Å²) in [5.74, 6) is -0.494. The Morgan fingerprint density at radius 1 is 1.33 bits per heavy atom. The minimum absolute atomic E-state index is 0.0174. The van der Waals surface area contributed by atoms with Crippen LogP contribution >= 0.6 is 0 Å². The molecule has 18 heavy (non-hydrogen) atoms. The van der Waals surface area contributed by atoms with E-state index in [1.165, 1.54) is 12.1 Å². The van der Waals surface area contributed by atoms with Crippen molar-refractivity contribution in [2.45, 2.75) is 37.2 Å². The maximum atomic E-state index is 12.7. The summed E-state index contributed by atoms with van der Waals surface area (Å²) in [6, 6.07) is 4.54. The van der Waals surface area contributed by atoms with Crippen molar-refractivity contribution in [2.24, 2.45) is 0 Å². The minimum atomic E-state index is -3.71. The lowest BCUT2D eigenvalue weighted by Crippen LogP contribution is -2.40. The normalized spacial score (nSPS) is 15.3. The molecule has 1 unspecified atom stereocenters. The first-order valence-corrected chi connectivity index (χ1v) is 7.23. The molecule has 0 saturated carbocycles. The molecule has 0 fully saturated rings. The Morgan fingerprint density at radius 2 is 1.89 bits per heavy atom. The quantitative estimate of drug-likeness (QED) is 0.829. The van der Waals surface area contributed by atoms with E-state index in [2.05, 4.69) is 4.72 Å². The Balaban J connectivity index is 2.74. The molecule has 0 aliphatic heterocycles. The maximum Gasteiger partial charge on any atom is 0.240 e. The van der Waals surface area contributed by atoms with E-state index < -0.39 is 21.4 Å². The van der Waals surface area contributed by atoms with Gasteiger partial charge in [0.15, 0.2) is 0 Å². The van der Waals surface area contributed by atoms with Gasteiger partial charge in [-0.2, -0.15) is 0 Å². The molecule has 0 aliphatic carbocycles. The van der Waals surface area contributed by atoms with Gasteiger partial charge in [0.05, 0.1) is 10.5 Å². The van der Waals surface area contributed by atoms with Gasteiger partial charge in [0.2, 0.25) is 10.0 Å². The number of nitrogens with one attached hydrogen (secondary N) is 1. The number of sulfonamides is 1. The second kappa shape index (κ2) is 5.77. The van der Waals surface area contributed by atoms with Crippen molar-refractivity contribution < 1.29 is 17.9 Å². The number of benzene rings is 1. The molecule has 1 aromatic carbocycles. The van der Waals surface area contributed by atoms with Crippen molar-refractivity contribution >= 4 is 10.0 Å². The van der Waals surface area contributed by atoms with Crippen LogP contribution in [0.1, 0.15) is 26.7 Å². The number of aliphatic hydroxyl groups is 1. The lowest BCUT2D eigenvalue weighted by atomic mass is 10.0. The second-order valence-electron chi connectivity index (χ2n) is 4.53. The summed E-state index contributed by atoms with van der Waals surface area (Å²) < 4.78 is 38.7. The van der Waals surface area contributed by atoms with Gasteiger partial charge in [0.1, 0.15) is 5.82 Å². The average Bonchev–Trinajstić information content (AvgIpc) is 2.27. The molecule has 0 saturated heterocycles. The highest BCUT2D eigenvalue weighted by molar-refractivity contribution is 7.89. The van der Waals surface area contributed by atoms with Crippen molar-refractivity contribution in [1.82, 2.24) is 4.72 Å². The van der Waals surface area contributed by atoms with E-state index in [-0.39, 0.29) is 11.4 Å². The van der Waals surface area contributed by atoms with E-state index in [0.717, 1.165) is 18.6 Å². The summed E-state index contributed by atoms with van der Waals surface area (Å²) >= 11 is 0. The van der Waals surface area contributed by atoms with Gasteiger partial charge in [-0.25, -0.2) is 17.5 Å². The van der Waals surface area contributed by atoms with Crippen LogP contribution in [0, 0.1) is 5.82 Å². The van der Waals surface area contributed by atoms with Crippen LogP contribution in [0.3, 0.4) is 0 Å². The lowest BCUT2D eigenvalue weighted by molar-refractivity contribution is 0.0554. The summed E-state index contributed by atoms with van der Waals surface area (Å²) in [4.78, 5) is -0.0174. The van der Waals surface area contributed by atoms with Gasteiger partial charge < -0.3 is 5.11 Å². The highest BCUT2D eigenvalue weighted by Crippen LogP contribution is 2.13. The van der Waals surface area contributed by atoms with E-state index in [4.69, 9.17) is 0 Å². The van der Waals surface area contributed by atoms with Gasteiger partial charge in [-0.3, -0.25) is 0 Å². The van der Waals surface area contributed by atoms with Crippen LogP contribution in [-0.4, -0.2) is 25.7 Å². The third-order valence-electron chi connectivity index (χ3n) is 2.56. The van der Waals surface area contributed by atoms with Gasteiger partial charge in [0.25, 0.3) is 0 Å². The molecule has 0 aliphatic rings. The lowest BCUT2D eigenvalue weighted by Gasteiger charge is -2.22. The number of halogens is 1. The average molecular weight is 275 g/mol. The summed E-state index contributed by atoms with van der Waals surface area (Å²) in [6.45, 7) is 3.41. The fourth-order valence-electron chi connectivity index (χ4n) is 1.57. The van der Waals surface area contributed by atoms with Crippen LogP contribution in [0.5, 0.6) is 0 Å². The van der Waals surface area contributed by atoms with E-state index >= 15 is 0 Å². The minimum Gasteiger partial charge on any atom is -0.389 e. The highest BCUT2D eigenvalue weighted by Gasteiger charge is 2.23. The third-order valence-corrected chi connectivity index (χ3v) is 3.97. The van der Waals surface area contributed by atoms with Crippen molar-refractivity contribution in [3.63, 3.8) is 0 Å². The first kappa shape index (κ1) is 15.1. The Kier molecular flexibility index (Phi) is 4.84. The predicted molar refractivity (Wildman–Crippen MR) is 67.1 cm³/mol. The molecule has 1 atom stereocenters. The number of hydrogen-bond donors (Lipinski definition) is 2. The zero-order valence-electron chi connectivity index (χ0n) is 10.5. The molecule has 4 nitrogen and oxygen atoms in total. The smallest absolute Gasteiger partial charge is 0.240 e.